The molecule has 0 aliphatic rings. The van der Waals surface area contributed by atoms with E-state index in [1.165, 1.54) is 12.1 Å². The van der Waals surface area contributed by atoms with E-state index in [-0.39, 0.29) is 0 Å². The Kier molecular flexibility index (Phi) is 2.94. The van der Waals surface area contributed by atoms with Gasteiger partial charge in [-0.15, -0.1) is 0 Å². The Bertz CT molecular complexity index is 501. The Morgan fingerprint density at radius 2 is 1.41 bits per heavy atom. The van der Waals surface area contributed by atoms with E-state index in [9.17, 15) is 8.78 Å². The van der Waals surface area contributed by atoms with Gasteiger partial charge in [-0.25, -0.2) is 8.78 Å². The van der Waals surface area contributed by atoms with Gasteiger partial charge in [-0.1, -0.05) is 30.3 Å². The van der Waals surface area contributed by atoms with Crippen molar-refractivity contribution in [3.63, 3.8) is 0 Å². The largest absolute Gasteiger partial charge is 0.318 e. The van der Waals surface area contributed by atoms with E-state index in [1.807, 2.05) is 30.3 Å². The van der Waals surface area contributed by atoms with Crippen LogP contribution in [0.25, 0.3) is 0 Å². The van der Waals surface area contributed by atoms with Crippen LogP contribution in [0.4, 0.5) is 8.78 Å². The summed E-state index contributed by atoms with van der Waals surface area (Å²) in [5, 5.41) is 0. The number of hydrogen-bond acceptors (Lipinski definition) is 1. The minimum Gasteiger partial charge on any atom is -0.318 e. The van der Waals surface area contributed by atoms with E-state index in [4.69, 9.17) is 5.73 Å². The highest BCUT2D eigenvalue weighted by Gasteiger charge is 2.24. The zero-order valence-electron chi connectivity index (χ0n) is 9.45. The molecule has 2 aromatic rings. The third-order valence-electron chi connectivity index (χ3n) is 2.84. The van der Waals surface area contributed by atoms with Crippen LogP contribution >= 0.6 is 0 Å². The zero-order valence-corrected chi connectivity index (χ0v) is 9.45. The third kappa shape index (κ3) is 2.34. The monoisotopic (exact) mass is 233 g/mol. The second-order valence-corrected chi connectivity index (χ2v) is 4.23. The van der Waals surface area contributed by atoms with Gasteiger partial charge in [-0.2, -0.15) is 0 Å². The SMILES string of the molecule is CC(N)(c1ccccc1)c1cc(F)cc(F)c1. The van der Waals surface area contributed by atoms with Gasteiger partial charge < -0.3 is 5.73 Å². The van der Waals surface area contributed by atoms with Gasteiger partial charge >= 0.3 is 0 Å². The van der Waals surface area contributed by atoms with E-state index in [1.54, 1.807) is 6.92 Å². The van der Waals surface area contributed by atoms with Gasteiger partial charge in [0.25, 0.3) is 0 Å². The van der Waals surface area contributed by atoms with Crippen molar-refractivity contribution in [3.8, 4) is 0 Å². The molecule has 0 aromatic heterocycles. The van der Waals surface area contributed by atoms with Crippen LogP contribution in [0.2, 0.25) is 0 Å². The maximum absolute atomic E-state index is 13.2. The van der Waals surface area contributed by atoms with Crippen molar-refractivity contribution in [2.75, 3.05) is 0 Å². The van der Waals surface area contributed by atoms with Gasteiger partial charge in [-0.05, 0) is 30.2 Å². The molecule has 1 unspecified atom stereocenters. The first-order valence-corrected chi connectivity index (χ1v) is 5.31. The van der Waals surface area contributed by atoms with Crippen molar-refractivity contribution in [2.45, 2.75) is 12.5 Å². The van der Waals surface area contributed by atoms with E-state index >= 15 is 0 Å². The fraction of sp³-hybridized carbons (Fsp3) is 0.143. The van der Waals surface area contributed by atoms with Crippen LogP contribution in [0.5, 0.6) is 0 Å². The van der Waals surface area contributed by atoms with Crippen molar-refractivity contribution in [3.05, 3.63) is 71.3 Å². The number of rotatable bonds is 2. The average molecular weight is 233 g/mol. The van der Waals surface area contributed by atoms with Crippen molar-refractivity contribution in [2.24, 2.45) is 5.73 Å². The summed E-state index contributed by atoms with van der Waals surface area (Å²) in [5.74, 6) is -1.24. The molecular weight excluding hydrogens is 220 g/mol. The van der Waals surface area contributed by atoms with Crippen molar-refractivity contribution >= 4 is 0 Å². The minimum absolute atomic E-state index is 0.418. The molecule has 0 heterocycles. The average Bonchev–Trinajstić information content (AvgIpc) is 2.29. The molecule has 0 bridgehead atoms. The summed E-state index contributed by atoms with van der Waals surface area (Å²) < 4.78 is 26.4. The Morgan fingerprint density at radius 1 is 0.882 bits per heavy atom. The summed E-state index contributed by atoms with van der Waals surface area (Å²) >= 11 is 0. The lowest BCUT2D eigenvalue weighted by Crippen LogP contribution is -2.34. The molecule has 3 heteroatoms. The van der Waals surface area contributed by atoms with E-state index in [0.717, 1.165) is 11.6 Å². The molecule has 0 amide bonds. The van der Waals surface area contributed by atoms with Crippen molar-refractivity contribution in [1.82, 2.24) is 0 Å². The lowest BCUT2D eigenvalue weighted by molar-refractivity contribution is 0.550. The van der Waals surface area contributed by atoms with Gasteiger partial charge in [0.15, 0.2) is 0 Å². The Balaban J connectivity index is 2.51. The summed E-state index contributed by atoms with van der Waals surface area (Å²) in [6, 6.07) is 12.6. The molecule has 0 spiro atoms. The van der Waals surface area contributed by atoms with Crippen LogP contribution in [0, 0.1) is 11.6 Å². The van der Waals surface area contributed by atoms with Crippen LogP contribution in [-0.2, 0) is 5.54 Å². The molecule has 0 aliphatic heterocycles. The van der Waals surface area contributed by atoms with E-state index in [0.29, 0.717) is 5.56 Å². The van der Waals surface area contributed by atoms with Crippen molar-refractivity contribution in [1.29, 1.82) is 0 Å². The third-order valence-corrected chi connectivity index (χ3v) is 2.84. The summed E-state index contributed by atoms with van der Waals surface area (Å²) in [5.41, 5.74) is 6.48. The van der Waals surface area contributed by atoms with E-state index < -0.39 is 17.2 Å². The first-order chi connectivity index (χ1) is 8.00. The predicted octanol–water partition coefficient (Wildman–Crippen LogP) is 3.19. The van der Waals surface area contributed by atoms with Gasteiger partial charge in [0.2, 0.25) is 0 Å². The highest BCUT2D eigenvalue weighted by atomic mass is 19.1. The molecule has 2 rings (SSSR count). The fourth-order valence-electron chi connectivity index (χ4n) is 1.80. The van der Waals surface area contributed by atoms with Gasteiger partial charge in [-0.3, -0.25) is 0 Å². The molecule has 0 saturated heterocycles. The second-order valence-electron chi connectivity index (χ2n) is 4.23. The van der Waals surface area contributed by atoms with Gasteiger partial charge in [0.1, 0.15) is 11.6 Å². The lowest BCUT2D eigenvalue weighted by atomic mass is 9.86. The second kappa shape index (κ2) is 4.26. The highest BCUT2D eigenvalue weighted by Crippen LogP contribution is 2.27. The molecule has 2 N–H and O–H groups in total. The number of halogens is 2. The molecule has 1 nitrogen and oxygen atoms in total. The summed E-state index contributed by atoms with van der Waals surface area (Å²) in [6.07, 6.45) is 0. The fourth-order valence-corrected chi connectivity index (χ4v) is 1.80. The maximum atomic E-state index is 13.2. The van der Waals surface area contributed by atoms with Gasteiger partial charge in [0, 0.05) is 6.07 Å². The van der Waals surface area contributed by atoms with Gasteiger partial charge in [0.05, 0.1) is 5.54 Å². The molecule has 88 valence electrons. The molecule has 17 heavy (non-hydrogen) atoms. The molecular formula is C14H13F2N. The molecule has 1 atom stereocenters. The van der Waals surface area contributed by atoms with Crippen LogP contribution in [-0.4, -0.2) is 0 Å². The summed E-state index contributed by atoms with van der Waals surface area (Å²) in [6.45, 7) is 1.73. The number of benzene rings is 2. The first kappa shape index (κ1) is 11.7. The van der Waals surface area contributed by atoms with E-state index in [2.05, 4.69) is 0 Å². The number of nitrogens with two attached hydrogens (primary N) is 1. The number of hydrogen-bond donors (Lipinski definition) is 1. The highest BCUT2D eigenvalue weighted by molar-refractivity contribution is 5.37. The zero-order chi connectivity index (χ0) is 12.5. The maximum Gasteiger partial charge on any atom is 0.126 e. The Hall–Kier alpha value is -1.74. The van der Waals surface area contributed by atoms with Crippen LogP contribution in [0.15, 0.2) is 48.5 Å². The van der Waals surface area contributed by atoms with Crippen LogP contribution in [0.3, 0.4) is 0 Å². The molecule has 0 aliphatic carbocycles. The molecule has 0 radical (unpaired) electrons. The Labute approximate surface area is 98.9 Å². The quantitative estimate of drug-likeness (QED) is 0.847. The predicted molar refractivity (Wildman–Crippen MR) is 63.4 cm³/mol. The lowest BCUT2D eigenvalue weighted by Gasteiger charge is -2.26. The van der Waals surface area contributed by atoms with Crippen molar-refractivity contribution < 1.29 is 8.78 Å². The topological polar surface area (TPSA) is 26.0 Å². The van der Waals surface area contributed by atoms with Crippen LogP contribution in [0.1, 0.15) is 18.1 Å². The molecule has 2 aromatic carbocycles. The Morgan fingerprint density at radius 3 is 1.94 bits per heavy atom. The standard InChI is InChI=1S/C14H13F2N/c1-14(17,10-5-3-2-4-6-10)11-7-12(15)9-13(16)8-11/h2-9H,17H2,1H3. The molecule has 0 fully saturated rings. The minimum atomic E-state index is -0.913. The normalized spacial score (nSPS) is 14.4. The molecule has 0 saturated carbocycles. The van der Waals surface area contributed by atoms with Crippen LogP contribution < -0.4 is 5.73 Å². The first-order valence-electron chi connectivity index (χ1n) is 5.31. The smallest absolute Gasteiger partial charge is 0.126 e. The summed E-state index contributed by atoms with van der Waals surface area (Å²) in [7, 11) is 0. The summed E-state index contributed by atoms with van der Waals surface area (Å²) in [4.78, 5) is 0.